The zero-order valence-corrected chi connectivity index (χ0v) is 18.6. The average Bonchev–Trinajstić information content (AvgIpc) is 3.39. The number of carbonyl (C=O) groups excluding carboxylic acids is 2. The third kappa shape index (κ3) is 4.50. The van der Waals surface area contributed by atoms with E-state index in [1.807, 2.05) is 66.7 Å². The number of hydrogen-bond acceptors (Lipinski definition) is 6. The molecule has 3 atom stereocenters. The summed E-state index contributed by atoms with van der Waals surface area (Å²) < 4.78 is 6.12. The Balaban J connectivity index is 1.26. The van der Waals surface area contributed by atoms with E-state index in [1.54, 1.807) is 16.6 Å². The molecule has 2 aliphatic heterocycles. The molecule has 8 nitrogen and oxygen atoms in total. The number of pyridine rings is 1. The molecule has 1 aromatic heterocycles. The summed E-state index contributed by atoms with van der Waals surface area (Å²) >= 11 is 0. The van der Waals surface area contributed by atoms with Crippen molar-refractivity contribution in [3.8, 4) is 5.75 Å². The fraction of sp³-hybridized carbons (Fsp3) is 0.269. The van der Waals surface area contributed by atoms with Crippen molar-refractivity contribution in [2.24, 2.45) is 5.92 Å². The highest BCUT2D eigenvalue weighted by Crippen LogP contribution is 2.27. The molecule has 3 unspecified atom stereocenters. The highest BCUT2D eigenvalue weighted by Gasteiger charge is 2.42. The van der Waals surface area contributed by atoms with Gasteiger partial charge in [-0.1, -0.05) is 42.5 Å². The van der Waals surface area contributed by atoms with Crippen LogP contribution in [0.15, 0.2) is 72.9 Å². The van der Waals surface area contributed by atoms with Gasteiger partial charge in [-0.25, -0.2) is 5.48 Å². The molecule has 174 valence electrons. The Bertz CT molecular complexity index is 1230. The average molecular weight is 459 g/mol. The number of benzene rings is 2. The summed E-state index contributed by atoms with van der Waals surface area (Å²) in [4.78, 5) is 31.9. The van der Waals surface area contributed by atoms with Crippen molar-refractivity contribution in [2.45, 2.75) is 18.6 Å². The largest absolute Gasteiger partial charge is 0.489 e. The van der Waals surface area contributed by atoms with Crippen LogP contribution in [0.4, 0.5) is 0 Å². The lowest BCUT2D eigenvalue weighted by Crippen LogP contribution is -2.60. The van der Waals surface area contributed by atoms with Gasteiger partial charge in [0.1, 0.15) is 11.9 Å². The van der Waals surface area contributed by atoms with Crippen LogP contribution < -0.4 is 15.5 Å². The van der Waals surface area contributed by atoms with E-state index in [4.69, 9.17) is 4.74 Å². The SMILES string of the molecule is O=C(NO)C1CC(Oc2ccc3cccnc3c2)CNC1C(=O)N1CC=C(c2ccccc2)C1. The molecule has 8 heteroatoms. The molecule has 5 rings (SSSR count). The molecular formula is C26H26N4O4. The minimum absolute atomic E-state index is 0.163. The standard InChI is InChI=1S/C26H26N4O4/c31-25(29-33)22-13-21(34-20-9-8-18-7-4-11-27-23(18)14-20)15-28-24(22)26(32)30-12-10-19(16-30)17-5-2-1-3-6-17/h1-11,14,21-22,24,28,33H,12-13,15-16H2,(H,29,31). The van der Waals surface area contributed by atoms with E-state index < -0.39 is 17.9 Å². The lowest BCUT2D eigenvalue weighted by Gasteiger charge is -2.36. The van der Waals surface area contributed by atoms with Crippen LogP contribution in [0.1, 0.15) is 12.0 Å². The van der Waals surface area contributed by atoms with Gasteiger partial charge in [0.25, 0.3) is 0 Å². The number of nitrogens with one attached hydrogen (secondary N) is 2. The maximum Gasteiger partial charge on any atom is 0.248 e. The van der Waals surface area contributed by atoms with E-state index in [2.05, 4.69) is 10.3 Å². The summed E-state index contributed by atoms with van der Waals surface area (Å²) in [5, 5.41) is 13.5. The molecule has 3 heterocycles. The van der Waals surface area contributed by atoms with Crippen molar-refractivity contribution in [1.82, 2.24) is 20.7 Å². The Morgan fingerprint density at radius 1 is 1.12 bits per heavy atom. The number of piperidine rings is 1. The van der Waals surface area contributed by atoms with Crippen LogP contribution >= 0.6 is 0 Å². The summed E-state index contributed by atoms with van der Waals surface area (Å²) in [6, 6.07) is 18.7. The maximum atomic E-state index is 13.3. The fourth-order valence-corrected chi connectivity index (χ4v) is 4.69. The Morgan fingerprint density at radius 3 is 2.79 bits per heavy atom. The van der Waals surface area contributed by atoms with Gasteiger partial charge in [0.15, 0.2) is 0 Å². The third-order valence-electron chi connectivity index (χ3n) is 6.45. The van der Waals surface area contributed by atoms with E-state index in [0.29, 0.717) is 31.8 Å². The first-order valence-electron chi connectivity index (χ1n) is 11.3. The number of ether oxygens (including phenoxy) is 1. The number of nitrogens with zero attached hydrogens (tertiary/aromatic N) is 2. The van der Waals surface area contributed by atoms with Crippen LogP contribution in [-0.2, 0) is 9.59 Å². The number of amides is 2. The summed E-state index contributed by atoms with van der Waals surface area (Å²) in [6.45, 7) is 1.37. The van der Waals surface area contributed by atoms with Gasteiger partial charge < -0.3 is 15.0 Å². The van der Waals surface area contributed by atoms with E-state index in [1.165, 1.54) is 0 Å². The normalized spacial score (nSPS) is 22.3. The lowest BCUT2D eigenvalue weighted by atomic mass is 9.87. The number of aromatic nitrogens is 1. The van der Waals surface area contributed by atoms with Crippen LogP contribution in [0.25, 0.3) is 16.5 Å². The van der Waals surface area contributed by atoms with Gasteiger partial charge in [-0.2, -0.15) is 0 Å². The zero-order valence-electron chi connectivity index (χ0n) is 18.6. The highest BCUT2D eigenvalue weighted by atomic mass is 16.5. The second-order valence-electron chi connectivity index (χ2n) is 8.62. The van der Waals surface area contributed by atoms with Crippen LogP contribution in [0, 0.1) is 5.92 Å². The molecule has 0 saturated carbocycles. The highest BCUT2D eigenvalue weighted by molar-refractivity contribution is 5.92. The molecule has 3 aromatic rings. The first kappa shape index (κ1) is 22.1. The van der Waals surface area contributed by atoms with Gasteiger partial charge in [0, 0.05) is 37.3 Å². The van der Waals surface area contributed by atoms with Gasteiger partial charge in [0.2, 0.25) is 11.8 Å². The van der Waals surface area contributed by atoms with Crippen molar-refractivity contribution in [2.75, 3.05) is 19.6 Å². The second-order valence-corrected chi connectivity index (χ2v) is 8.62. The quantitative estimate of drug-likeness (QED) is 0.401. The predicted octanol–water partition coefficient (Wildman–Crippen LogP) is 2.39. The predicted molar refractivity (Wildman–Crippen MR) is 127 cm³/mol. The molecule has 2 aliphatic rings. The molecule has 2 aromatic carbocycles. The third-order valence-corrected chi connectivity index (χ3v) is 6.45. The van der Waals surface area contributed by atoms with Gasteiger partial charge >= 0.3 is 0 Å². The topological polar surface area (TPSA) is 104 Å². The van der Waals surface area contributed by atoms with Gasteiger partial charge in [0.05, 0.1) is 17.5 Å². The molecule has 0 spiro atoms. The van der Waals surface area contributed by atoms with Crippen molar-refractivity contribution < 1.29 is 19.5 Å². The smallest absolute Gasteiger partial charge is 0.248 e. The first-order chi connectivity index (χ1) is 16.6. The minimum Gasteiger partial charge on any atom is -0.489 e. The molecule has 1 saturated heterocycles. The molecular weight excluding hydrogens is 432 g/mol. The first-order valence-corrected chi connectivity index (χ1v) is 11.3. The fourth-order valence-electron chi connectivity index (χ4n) is 4.69. The van der Waals surface area contributed by atoms with Crippen LogP contribution in [0.3, 0.4) is 0 Å². The molecule has 3 N–H and O–H groups in total. The van der Waals surface area contributed by atoms with E-state index >= 15 is 0 Å². The lowest BCUT2D eigenvalue weighted by molar-refractivity contribution is -0.144. The second kappa shape index (κ2) is 9.62. The monoisotopic (exact) mass is 458 g/mol. The van der Waals surface area contributed by atoms with Crippen molar-refractivity contribution in [3.05, 3.63) is 78.5 Å². The Hall–Kier alpha value is -3.75. The van der Waals surface area contributed by atoms with Crippen LogP contribution in [0.5, 0.6) is 5.75 Å². The van der Waals surface area contributed by atoms with E-state index in [-0.39, 0.29) is 12.0 Å². The molecule has 0 radical (unpaired) electrons. The van der Waals surface area contributed by atoms with E-state index in [9.17, 15) is 14.8 Å². The summed E-state index contributed by atoms with van der Waals surface area (Å²) in [6.07, 6.45) is 3.71. The number of fused-ring (bicyclic) bond motifs is 1. The maximum absolute atomic E-state index is 13.3. The van der Waals surface area contributed by atoms with Crippen molar-refractivity contribution in [3.63, 3.8) is 0 Å². The minimum atomic E-state index is -0.768. The summed E-state index contributed by atoms with van der Waals surface area (Å²) in [5.41, 5.74) is 4.71. The van der Waals surface area contributed by atoms with Crippen LogP contribution in [0.2, 0.25) is 0 Å². The van der Waals surface area contributed by atoms with Gasteiger partial charge in [-0.05, 0) is 35.8 Å². The Morgan fingerprint density at radius 2 is 1.97 bits per heavy atom. The Labute approximate surface area is 197 Å². The summed E-state index contributed by atoms with van der Waals surface area (Å²) in [7, 11) is 0. The number of hydrogen-bond donors (Lipinski definition) is 3. The van der Waals surface area contributed by atoms with Gasteiger partial charge in [-0.15, -0.1) is 0 Å². The number of carbonyl (C=O) groups is 2. The molecule has 0 aliphatic carbocycles. The van der Waals surface area contributed by atoms with Gasteiger partial charge in [-0.3, -0.25) is 19.8 Å². The molecule has 2 amide bonds. The molecule has 1 fully saturated rings. The molecule has 0 bridgehead atoms. The number of rotatable bonds is 5. The Kier molecular flexibility index (Phi) is 6.24. The van der Waals surface area contributed by atoms with Crippen molar-refractivity contribution >= 4 is 28.3 Å². The molecule has 34 heavy (non-hydrogen) atoms. The zero-order chi connectivity index (χ0) is 23.5. The summed E-state index contributed by atoms with van der Waals surface area (Å²) in [5.74, 6) is -0.892. The van der Waals surface area contributed by atoms with Crippen LogP contribution in [-0.4, -0.2) is 58.7 Å². The van der Waals surface area contributed by atoms with E-state index in [0.717, 1.165) is 22.0 Å². The number of hydroxylamine groups is 1. The van der Waals surface area contributed by atoms with Crippen molar-refractivity contribution in [1.29, 1.82) is 0 Å².